The number of aryl methyl sites for hydroxylation is 2. The summed E-state index contributed by atoms with van der Waals surface area (Å²) in [6.07, 6.45) is 1.72. The van der Waals surface area contributed by atoms with Crippen LogP contribution in [0, 0.1) is 13.8 Å². The Bertz CT molecular complexity index is 598. The predicted octanol–water partition coefficient (Wildman–Crippen LogP) is 3.54. The summed E-state index contributed by atoms with van der Waals surface area (Å²) in [7, 11) is 0. The number of thiazole rings is 1. The van der Waals surface area contributed by atoms with Gasteiger partial charge in [0.25, 0.3) is 5.91 Å². The van der Waals surface area contributed by atoms with E-state index in [0.717, 1.165) is 14.9 Å². The highest BCUT2D eigenvalue weighted by Gasteiger charge is 2.08. The maximum absolute atomic E-state index is 11.7. The summed E-state index contributed by atoms with van der Waals surface area (Å²) in [5.41, 5.74) is 1.13. The molecule has 0 radical (unpaired) electrons. The van der Waals surface area contributed by atoms with E-state index in [1.54, 1.807) is 6.20 Å². The zero-order chi connectivity index (χ0) is 13.8. The average Bonchev–Trinajstić information content (AvgIpc) is 2.73. The van der Waals surface area contributed by atoms with Gasteiger partial charge in [-0.2, -0.15) is 0 Å². The molecule has 0 aliphatic heterocycles. The molecule has 0 saturated carbocycles. The molecule has 1 aromatic carbocycles. The third kappa shape index (κ3) is 4.04. The smallest absolute Gasteiger partial charge is 0.264 e. The Balaban J connectivity index is 1.89. The fraction of sp³-hybridized carbons (Fsp3) is 0.231. The van der Waals surface area contributed by atoms with Crippen molar-refractivity contribution >= 4 is 38.3 Å². The van der Waals surface area contributed by atoms with Crippen LogP contribution >= 0.6 is 27.3 Å². The quantitative estimate of drug-likeness (QED) is 0.925. The zero-order valence-electron chi connectivity index (χ0n) is 10.6. The molecule has 1 aromatic heterocycles. The van der Waals surface area contributed by atoms with Crippen molar-refractivity contribution in [2.24, 2.45) is 0 Å². The molecule has 0 fully saturated rings. The van der Waals surface area contributed by atoms with Crippen LogP contribution < -0.4 is 10.1 Å². The van der Waals surface area contributed by atoms with Crippen molar-refractivity contribution in [1.82, 2.24) is 4.98 Å². The van der Waals surface area contributed by atoms with E-state index in [-0.39, 0.29) is 12.5 Å². The van der Waals surface area contributed by atoms with Crippen molar-refractivity contribution in [2.75, 3.05) is 11.9 Å². The molecule has 0 spiro atoms. The Morgan fingerprint density at radius 2 is 2.26 bits per heavy atom. The molecule has 4 nitrogen and oxygen atoms in total. The SMILES string of the molecule is Cc1ccc(OCC(=O)Nc2ncc(C)s2)c(Br)c1. The average molecular weight is 341 g/mol. The van der Waals surface area contributed by atoms with Gasteiger partial charge in [-0.25, -0.2) is 4.98 Å². The lowest BCUT2D eigenvalue weighted by Gasteiger charge is -2.08. The van der Waals surface area contributed by atoms with Gasteiger partial charge in [0.15, 0.2) is 11.7 Å². The number of rotatable bonds is 4. The molecule has 19 heavy (non-hydrogen) atoms. The Kier molecular flexibility index (Phi) is 4.55. The molecule has 100 valence electrons. The first-order valence-electron chi connectivity index (χ1n) is 5.66. The van der Waals surface area contributed by atoms with Gasteiger partial charge >= 0.3 is 0 Å². The molecule has 0 saturated heterocycles. The van der Waals surface area contributed by atoms with Gasteiger partial charge < -0.3 is 4.74 Å². The highest BCUT2D eigenvalue weighted by Crippen LogP contribution is 2.25. The van der Waals surface area contributed by atoms with Crippen LogP contribution in [0.15, 0.2) is 28.9 Å². The number of carbonyl (C=O) groups is 1. The summed E-state index contributed by atoms with van der Waals surface area (Å²) in [5.74, 6) is 0.429. The highest BCUT2D eigenvalue weighted by molar-refractivity contribution is 9.10. The van der Waals surface area contributed by atoms with Crippen LogP contribution in [0.4, 0.5) is 5.13 Å². The summed E-state index contributed by atoms with van der Waals surface area (Å²) in [6, 6.07) is 5.71. The molecule has 2 aromatic rings. The van der Waals surface area contributed by atoms with Gasteiger partial charge in [-0.05, 0) is 47.5 Å². The number of anilines is 1. The fourth-order valence-electron chi connectivity index (χ4n) is 1.43. The maximum atomic E-state index is 11.7. The number of hydrogen-bond acceptors (Lipinski definition) is 4. The second kappa shape index (κ2) is 6.16. The lowest BCUT2D eigenvalue weighted by Crippen LogP contribution is -2.20. The molecule has 0 atom stereocenters. The van der Waals surface area contributed by atoms with Gasteiger partial charge in [0.2, 0.25) is 0 Å². The first-order chi connectivity index (χ1) is 9.04. The summed E-state index contributed by atoms with van der Waals surface area (Å²) in [5, 5.41) is 3.28. The number of nitrogens with one attached hydrogen (secondary N) is 1. The van der Waals surface area contributed by atoms with Crippen LogP contribution in [0.5, 0.6) is 5.75 Å². The minimum Gasteiger partial charge on any atom is -0.483 e. The van der Waals surface area contributed by atoms with Crippen molar-refractivity contribution in [2.45, 2.75) is 13.8 Å². The number of benzene rings is 1. The molecule has 1 heterocycles. The largest absolute Gasteiger partial charge is 0.483 e. The van der Waals surface area contributed by atoms with Gasteiger partial charge in [-0.15, -0.1) is 11.3 Å². The Morgan fingerprint density at radius 3 is 2.89 bits per heavy atom. The third-order valence-electron chi connectivity index (χ3n) is 2.31. The molecule has 2 rings (SSSR count). The molecule has 0 unspecified atom stereocenters. The maximum Gasteiger partial charge on any atom is 0.264 e. The number of halogens is 1. The number of aromatic nitrogens is 1. The second-order valence-electron chi connectivity index (χ2n) is 4.05. The van der Waals surface area contributed by atoms with E-state index in [4.69, 9.17) is 4.74 Å². The summed E-state index contributed by atoms with van der Waals surface area (Å²) in [6.45, 7) is 3.89. The second-order valence-corrected chi connectivity index (χ2v) is 6.14. The number of ether oxygens (including phenoxy) is 1. The van der Waals surface area contributed by atoms with Crippen molar-refractivity contribution in [3.8, 4) is 5.75 Å². The Morgan fingerprint density at radius 1 is 1.47 bits per heavy atom. The van der Waals surface area contributed by atoms with Crippen LogP contribution in [0.25, 0.3) is 0 Å². The standard InChI is InChI=1S/C13H13BrN2O2S/c1-8-3-4-11(10(14)5-8)18-7-12(17)16-13-15-6-9(2)19-13/h3-6H,7H2,1-2H3,(H,15,16,17). The van der Waals surface area contributed by atoms with Gasteiger partial charge in [-0.3, -0.25) is 10.1 Å². The van der Waals surface area contributed by atoms with E-state index in [0.29, 0.717) is 10.9 Å². The first kappa shape index (κ1) is 14.0. The topological polar surface area (TPSA) is 51.2 Å². The van der Waals surface area contributed by atoms with E-state index in [9.17, 15) is 4.79 Å². The van der Waals surface area contributed by atoms with E-state index in [2.05, 4.69) is 26.2 Å². The minimum absolute atomic E-state index is 0.0414. The van der Waals surface area contributed by atoms with Gasteiger partial charge in [0.05, 0.1) is 4.47 Å². The van der Waals surface area contributed by atoms with Crippen LogP contribution in [0.1, 0.15) is 10.4 Å². The van der Waals surface area contributed by atoms with Crippen LogP contribution in [-0.4, -0.2) is 17.5 Å². The van der Waals surface area contributed by atoms with Gasteiger partial charge in [0, 0.05) is 11.1 Å². The van der Waals surface area contributed by atoms with Crippen LogP contribution in [0.2, 0.25) is 0 Å². The van der Waals surface area contributed by atoms with E-state index < -0.39 is 0 Å². The van der Waals surface area contributed by atoms with Gasteiger partial charge in [0.1, 0.15) is 5.75 Å². The Hall–Kier alpha value is -1.40. The summed E-state index contributed by atoms with van der Waals surface area (Å²) in [4.78, 5) is 16.8. The highest BCUT2D eigenvalue weighted by atomic mass is 79.9. The molecule has 1 amide bonds. The van der Waals surface area contributed by atoms with Crippen LogP contribution in [-0.2, 0) is 4.79 Å². The van der Waals surface area contributed by atoms with Gasteiger partial charge in [-0.1, -0.05) is 6.07 Å². The normalized spacial score (nSPS) is 10.3. The third-order valence-corrected chi connectivity index (χ3v) is 3.76. The number of amides is 1. The van der Waals surface area contributed by atoms with Crippen molar-refractivity contribution in [3.05, 3.63) is 39.3 Å². The molecule has 1 N–H and O–H groups in total. The number of carbonyl (C=O) groups excluding carboxylic acids is 1. The van der Waals surface area contributed by atoms with Crippen LogP contribution in [0.3, 0.4) is 0 Å². The molecular weight excluding hydrogens is 328 g/mol. The molecule has 0 bridgehead atoms. The van der Waals surface area contributed by atoms with E-state index in [1.165, 1.54) is 11.3 Å². The fourth-order valence-corrected chi connectivity index (χ4v) is 2.72. The van der Waals surface area contributed by atoms with Crippen molar-refractivity contribution < 1.29 is 9.53 Å². The zero-order valence-corrected chi connectivity index (χ0v) is 13.0. The number of nitrogens with zero attached hydrogens (tertiary/aromatic N) is 1. The van der Waals surface area contributed by atoms with E-state index >= 15 is 0 Å². The monoisotopic (exact) mass is 340 g/mol. The lowest BCUT2D eigenvalue weighted by molar-refractivity contribution is -0.118. The predicted molar refractivity (Wildman–Crippen MR) is 79.9 cm³/mol. The number of hydrogen-bond donors (Lipinski definition) is 1. The lowest BCUT2D eigenvalue weighted by atomic mass is 10.2. The molecule has 0 aliphatic rings. The van der Waals surface area contributed by atoms with E-state index in [1.807, 2.05) is 32.0 Å². The summed E-state index contributed by atoms with van der Waals surface area (Å²) < 4.78 is 6.29. The first-order valence-corrected chi connectivity index (χ1v) is 7.27. The van der Waals surface area contributed by atoms with Crippen molar-refractivity contribution in [3.63, 3.8) is 0 Å². The molecule has 6 heteroatoms. The van der Waals surface area contributed by atoms with Crippen molar-refractivity contribution in [1.29, 1.82) is 0 Å². The summed E-state index contributed by atoms with van der Waals surface area (Å²) >= 11 is 4.84. The molecular formula is C13H13BrN2O2S. The minimum atomic E-state index is -0.221. The molecule has 0 aliphatic carbocycles. The Labute approximate surface area is 124 Å².